The van der Waals surface area contributed by atoms with Crippen molar-refractivity contribution in [3.8, 4) is 0 Å². The van der Waals surface area contributed by atoms with Crippen LogP contribution in [0.15, 0.2) is 0 Å². The monoisotopic (exact) mass is 420 g/mol. The summed E-state index contributed by atoms with van der Waals surface area (Å²) in [5, 5.41) is 78.2. The van der Waals surface area contributed by atoms with Gasteiger partial charge in [0.05, 0.1) is 14.4 Å². The van der Waals surface area contributed by atoms with Crippen LogP contribution in [0.5, 0.6) is 0 Å². The number of hydrogen-bond acceptors (Lipinski definition) is 14. The van der Waals surface area contributed by atoms with E-state index in [0.29, 0.717) is 0 Å². The van der Waals surface area contributed by atoms with Crippen LogP contribution in [0, 0.1) is 0 Å². The Bertz CT molecular complexity index is 524. The van der Waals surface area contributed by atoms with Crippen LogP contribution in [-0.4, -0.2) is 115 Å². The van der Waals surface area contributed by atoms with Crippen molar-refractivity contribution in [3.05, 3.63) is 0 Å². The molecular weight excluding hydrogens is 399 g/mol. The molecule has 0 radical (unpaired) electrons. The van der Waals surface area contributed by atoms with Gasteiger partial charge in [-0.15, -0.1) is 0 Å². The van der Waals surface area contributed by atoms with Crippen molar-refractivity contribution >= 4 is 7.82 Å². The quantitative estimate of drug-likeness (QED) is 0.192. The third-order valence-corrected chi connectivity index (χ3v) is 4.94. The molecule has 27 heavy (non-hydrogen) atoms. The minimum absolute atomic E-state index is 0.788. The van der Waals surface area contributed by atoms with E-state index < -0.39 is 81.8 Å². The Kier molecular flexibility index (Phi) is 7.33. The van der Waals surface area contributed by atoms with Gasteiger partial charge in [0.2, 0.25) is 0 Å². The zero-order valence-corrected chi connectivity index (χ0v) is 14.4. The number of phosphoric acid groups is 1. The molecule has 0 spiro atoms. The maximum absolute atomic E-state index is 10.7. The highest BCUT2D eigenvalue weighted by Gasteiger charge is 2.53. The highest BCUT2D eigenvalue weighted by atomic mass is 31.2. The molecule has 2 unspecified atom stereocenters. The van der Waals surface area contributed by atoms with Crippen LogP contribution in [0.3, 0.4) is 0 Å². The highest BCUT2D eigenvalue weighted by molar-refractivity contribution is 7.43. The minimum atomic E-state index is -5.69. The van der Waals surface area contributed by atoms with Crippen molar-refractivity contribution < 1.29 is 69.2 Å². The smallest absolute Gasteiger partial charge is 0.187 e. The van der Waals surface area contributed by atoms with Crippen LogP contribution < -0.4 is 9.79 Å². The Hall–Kier alpha value is -0.290. The molecule has 0 aromatic rings. The van der Waals surface area contributed by atoms with Crippen molar-refractivity contribution in [3.63, 3.8) is 0 Å². The Morgan fingerprint density at radius 3 is 1.70 bits per heavy atom. The average Bonchev–Trinajstić information content (AvgIpc) is 2.59. The maximum Gasteiger partial charge on any atom is 0.187 e. The minimum Gasteiger partial charge on any atom is -0.790 e. The summed E-state index contributed by atoms with van der Waals surface area (Å²) >= 11 is 0. The van der Waals surface area contributed by atoms with Gasteiger partial charge in [0.15, 0.2) is 6.29 Å². The molecule has 160 valence electrons. The fourth-order valence-corrected chi connectivity index (χ4v) is 3.50. The van der Waals surface area contributed by atoms with Gasteiger partial charge in [-0.05, 0) is 0 Å². The molecule has 2 fully saturated rings. The van der Waals surface area contributed by atoms with Gasteiger partial charge in [-0.1, -0.05) is 0 Å². The van der Waals surface area contributed by atoms with Gasteiger partial charge in [0, 0.05) is 0 Å². The summed E-state index contributed by atoms with van der Waals surface area (Å²) in [4.78, 5) is 21.4. The zero-order valence-electron chi connectivity index (χ0n) is 13.5. The first-order valence-corrected chi connectivity index (χ1v) is 9.23. The normalized spacial score (nSPS) is 49.2. The predicted octanol–water partition coefficient (Wildman–Crippen LogP) is -7.16. The van der Waals surface area contributed by atoms with E-state index in [0.717, 1.165) is 0 Å². The second-order valence-electron chi connectivity index (χ2n) is 6.28. The lowest BCUT2D eigenvalue weighted by molar-refractivity contribution is -0.360. The van der Waals surface area contributed by atoms with Crippen LogP contribution in [0.4, 0.5) is 0 Å². The first kappa shape index (κ1) is 23.0. The number of hydrogen-bond donors (Lipinski definition) is 8. The van der Waals surface area contributed by atoms with E-state index in [-0.39, 0.29) is 0 Å². The van der Waals surface area contributed by atoms with Gasteiger partial charge in [-0.25, -0.2) is 0 Å². The molecule has 1 saturated carbocycles. The molecule has 8 N–H and O–H groups in total. The SMILES string of the molecule is O=P([O-])([O-])OC1[C@H](O)[C@H](O)C(O[C@H]2O[C@H](CO)[C@@H](O)[C@H](O)[C@@H]2O)[C@H](O)[C@H]1O. The van der Waals surface area contributed by atoms with Crippen molar-refractivity contribution in [2.24, 2.45) is 0 Å². The van der Waals surface area contributed by atoms with Gasteiger partial charge in [-0.2, -0.15) is 0 Å². The average molecular weight is 420 g/mol. The molecule has 0 aromatic heterocycles. The molecule has 1 saturated heterocycles. The zero-order chi connectivity index (χ0) is 20.7. The second-order valence-corrected chi connectivity index (χ2v) is 7.38. The highest BCUT2D eigenvalue weighted by Crippen LogP contribution is 2.36. The summed E-state index contributed by atoms with van der Waals surface area (Å²) in [7, 11) is -5.69. The lowest BCUT2D eigenvalue weighted by atomic mass is 9.84. The molecule has 15 heteroatoms. The van der Waals surface area contributed by atoms with Gasteiger partial charge in [-0.3, -0.25) is 0 Å². The molecule has 0 bridgehead atoms. The Morgan fingerprint density at radius 1 is 0.778 bits per heavy atom. The van der Waals surface area contributed by atoms with E-state index in [2.05, 4.69) is 4.52 Å². The van der Waals surface area contributed by atoms with Crippen molar-refractivity contribution in [1.29, 1.82) is 0 Å². The van der Waals surface area contributed by atoms with E-state index in [9.17, 15) is 50.1 Å². The van der Waals surface area contributed by atoms with Crippen LogP contribution in [0.25, 0.3) is 0 Å². The summed E-state index contributed by atoms with van der Waals surface area (Å²) in [6, 6.07) is 0. The summed E-state index contributed by atoms with van der Waals surface area (Å²) in [5.74, 6) is 0. The third kappa shape index (κ3) is 4.83. The van der Waals surface area contributed by atoms with Gasteiger partial charge < -0.3 is 69.2 Å². The largest absolute Gasteiger partial charge is 0.790 e. The number of aliphatic hydroxyl groups is 8. The number of rotatable bonds is 5. The van der Waals surface area contributed by atoms with Gasteiger partial charge in [0.1, 0.15) is 61.0 Å². The predicted molar refractivity (Wildman–Crippen MR) is 75.1 cm³/mol. The lowest BCUT2D eigenvalue weighted by Crippen LogP contribution is -2.67. The molecule has 2 aliphatic rings. The summed E-state index contributed by atoms with van der Waals surface area (Å²) in [6.07, 6.45) is -21.4. The maximum atomic E-state index is 10.7. The van der Waals surface area contributed by atoms with Crippen LogP contribution in [-0.2, 0) is 18.6 Å². The summed E-state index contributed by atoms with van der Waals surface area (Å²) in [5.41, 5.74) is 0. The first-order chi connectivity index (χ1) is 12.4. The van der Waals surface area contributed by atoms with Crippen molar-refractivity contribution in [2.75, 3.05) is 6.61 Å². The molecule has 0 aromatic carbocycles. The molecule has 0 amide bonds. The van der Waals surface area contributed by atoms with E-state index in [1.54, 1.807) is 0 Å². The second kappa shape index (κ2) is 8.61. The number of ether oxygens (including phenoxy) is 2. The standard InChI is InChI=1S/C12H23O14P/c13-1-2-3(14)4(15)9(20)12(24-2)25-10-5(16)7(18)11(8(19)6(10)17)26-27(21,22)23/h2-20H,1H2,(H2,21,22,23)/p-2/t2-,3-,4+,5-,6+,7-,8-,9+,10?,11?,12-/m1/s1. The molecule has 2 rings (SSSR count). The van der Waals surface area contributed by atoms with E-state index in [1.165, 1.54) is 0 Å². The summed E-state index contributed by atoms with van der Waals surface area (Å²) in [6.45, 7) is -0.788. The molecule has 14 nitrogen and oxygen atoms in total. The Morgan fingerprint density at radius 2 is 1.26 bits per heavy atom. The third-order valence-electron chi connectivity index (χ3n) is 4.44. The lowest BCUT2D eigenvalue weighted by Gasteiger charge is -2.48. The van der Waals surface area contributed by atoms with Crippen molar-refractivity contribution in [2.45, 2.75) is 67.3 Å². The van der Waals surface area contributed by atoms with Crippen LogP contribution in [0.1, 0.15) is 0 Å². The van der Waals surface area contributed by atoms with Crippen molar-refractivity contribution in [1.82, 2.24) is 0 Å². The fourth-order valence-electron chi connectivity index (χ4n) is 2.95. The molecule has 1 aliphatic carbocycles. The number of aliphatic hydroxyl groups excluding tert-OH is 8. The van der Waals surface area contributed by atoms with Crippen LogP contribution in [0.2, 0.25) is 0 Å². The van der Waals surface area contributed by atoms with E-state index >= 15 is 0 Å². The molecule has 1 aliphatic heterocycles. The Balaban J connectivity index is 2.15. The van der Waals surface area contributed by atoms with Crippen LogP contribution >= 0.6 is 7.82 Å². The molecule has 11 atom stereocenters. The fraction of sp³-hybridized carbons (Fsp3) is 1.00. The Labute approximate surface area is 152 Å². The number of phosphoric ester groups is 1. The summed E-state index contributed by atoms with van der Waals surface area (Å²) < 4.78 is 24.7. The molecular formula is C12H21O14P-2. The first-order valence-electron chi connectivity index (χ1n) is 7.77. The van der Waals surface area contributed by atoms with Gasteiger partial charge in [0.25, 0.3) is 0 Å². The van der Waals surface area contributed by atoms with E-state index in [1.807, 2.05) is 0 Å². The van der Waals surface area contributed by atoms with Gasteiger partial charge >= 0.3 is 0 Å². The topological polar surface area (TPSA) is 253 Å². The van der Waals surface area contributed by atoms with E-state index in [4.69, 9.17) is 14.6 Å². The molecule has 1 heterocycles.